The van der Waals surface area contributed by atoms with Crippen LogP contribution in [-0.2, 0) is 41.2 Å². The van der Waals surface area contributed by atoms with E-state index in [1.54, 1.807) is 0 Å². The molecule has 330 valence electrons. The molecule has 0 amide bonds. The van der Waals surface area contributed by atoms with E-state index in [-0.39, 0.29) is 38.8 Å². The Bertz CT molecular complexity index is 1390. The first kappa shape index (κ1) is 43.2. The number of hydrogen-bond acceptors (Lipinski definition) is 12. The lowest BCUT2D eigenvalue weighted by molar-refractivity contribution is -0.00880. The van der Waals surface area contributed by atoms with Crippen LogP contribution in [0.5, 0.6) is 0 Å². The fraction of sp³-hybridized carbons (Fsp3) is 1.00. The van der Waals surface area contributed by atoms with Crippen LogP contribution in [0.15, 0.2) is 0 Å². The van der Waals surface area contributed by atoms with Gasteiger partial charge in [-0.25, -0.2) is 0 Å². The van der Waals surface area contributed by atoms with Crippen molar-refractivity contribution in [2.75, 3.05) is 0 Å². The Hall–Kier alpha value is 1.26. The zero-order valence-corrected chi connectivity index (χ0v) is 43.8. The maximum absolute atomic E-state index is 13.8. The van der Waals surface area contributed by atoms with E-state index in [1.807, 2.05) is 0 Å². The Morgan fingerprint density at radius 3 is 0.828 bits per heavy atom. The second-order valence-corrected chi connectivity index (χ2v) is 47.9. The van der Waals surface area contributed by atoms with Crippen LogP contribution in [0.4, 0.5) is 0 Å². The molecule has 12 nitrogen and oxygen atoms in total. The Morgan fingerprint density at radius 2 is 0.552 bits per heavy atom. The highest BCUT2D eigenvalue weighted by Crippen LogP contribution is 2.62. The Morgan fingerprint density at radius 1 is 0.328 bits per heavy atom. The van der Waals surface area contributed by atoms with E-state index >= 15 is 0 Å². The lowest BCUT2D eigenvalue weighted by Gasteiger charge is -2.62. The molecule has 0 radical (unpaired) electrons. The van der Waals surface area contributed by atoms with E-state index in [0.29, 0.717) is 0 Å². The van der Waals surface area contributed by atoms with Gasteiger partial charge in [0.25, 0.3) is 0 Å². The van der Waals surface area contributed by atoms with E-state index in [1.165, 1.54) is 0 Å². The summed E-state index contributed by atoms with van der Waals surface area (Å²) >= 11 is 0. The van der Waals surface area contributed by atoms with Crippen LogP contribution in [-0.4, -0.2) is 79.5 Å². The van der Waals surface area contributed by atoms with E-state index in [4.69, 9.17) is 41.2 Å². The molecule has 0 aromatic rings. The predicted molar refractivity (Wildman–Crippen MR) is 234 cm³/mol. The molecule has 7 aliphatic carbocycles. The van der Waals surface area contributed by atoms with Crippen molar-refractivity contribution in [3.05, 3.63) is 0 Å². The van der Waals surface area contributed by atoms with Crippen LogP contribution in [0.3, 0.4) is 0 Å². The molecule has 0 aromatic carbocycles. The maximum atomic E-state index is 13.8. The van der Waals surface area contributed by atoms with Gasteiger partial charge in [-0.15, -0.1) is 0 Å². The highest BCUT2D eigenvalue weighted by atomic mass is 28.6. The third kappa shape index (κ3) is 7.82. The zero-order chi connectivity index (χ0) is 39.9. The fourth-order valence-corrected chi connectivity index (χ4v) is 60.7. The summed E-state index contributed by atoms with van der Waals surface area (Å²) in [5, 5.41) is 0. The molecular weight excluding hydrogens is 873 g/mol. The molecule has 10 fully saturated rings. The van der Waals surface area contributed by atoms with Crippen molar-refractivity contribution in [3.8, 4) is 0 Å². The molecule has 2 N–H and O–H groups in total. The van der Waals surface area contributed by atoms with Gasteiger partial charge in [-0.3, -0.25) is 0 Å². The van der Waals surface area contributed by atoms with Crippen LogP contribution in [0.25, 0.3) is 0 Å². The largest absolute Gasteiger partial charge is 0.486 e. The van der Waals surface area contributed by atoms with Gasteiger partial charge in [-0.05, 0) is 110 Å². The van der Waals surface area contributed by atoms with Crippen molar-refractivity contribution in [2.24, 2.45) is 0 Å². The molecule has 10 aliphatic rings. The summed E-state index contributed by atoms with van der Waals surface area (Å²) in [5.41, 5.74) is -0.567. The zero-order valence-electron chi connectivity index (χ0n) is 35.8. The summed E-state index contributed by atoms with van der Waals surface area (Å²) in [4.78, 5) is 27.7. The van der Waals surface area contributed by atoms with Gasteiger partial charge in [0.1, 0.15) is 0 Å². The Labute approximate surface area is 357 Å². The van der Waals surface area contributed by atoms with Gasteiger partial charge in [0.2, 0.25) is 0 Å². The highest BCUT2D eigenvalue weighted by molar-refractivity contribution is 7.00. The van der Waals surface area contributed by atoms with Gasteiger partial charge in [-0.1, -0.05) is 89.9 Å². The van der Waals surface area contributed by atoms with Crippen LogP contribution in [0.2, 0.25) is 58.4 Å². The van der Waals surface area contributed by atoms with Crippen LogP contribution >= 0.6 is 0 Å². The quantitative estimate of drug-likeness (QED) is 0.213. The SMILES string of the molecule is C[Si](C)(C)O[Si]1(C2CCCC2)O[Si]2(C3CCCC3)O[Si](O)(C3CCCC3)O[Si]3(C4CCCC4)O[Si](O)(C4CCCC4)O[Si](C4CCCC4)(O1)O[Si](C1CCCC1)(O3)O2. The van der Waals surface area contributed by atoms with Gasteiger partial charge >= 0.3 is 61.6 Å². The second kappa shape index (κ2) is 16.3. The minimum Gasteiger partial charge on any atom is -0.417 e. The van der Waals surface area contributed by atoms with Gasteiger partial charge < -0.3 is 50.7 Å². The standard InChI is InChI=1S/C38H74O12Si8/c1-51(2,3)41-54(34-22-8-9-23-34)46-56(36-26-12-13-27-36)44-52(39,32-18-4-5-19-32)42-55(35-24-10-11-25-35)43-53(40,33-20-6-7-21-33)45-57(47-54,37-28-14-15-29-37)50-58(48-55,49-56)38-30-16-17-31-38/h32-40H,4-31H2,1-3H3. The lowest BCUT2D eigenvalue weighted by atomic mass is 10.4. The molecule has 0 spiro atoms. The summed E-state index contributed by atoms with van der Waals surface area (Å²) in [5.74, 6) is 0. The van der Waals surface area contributed by atoms with E-state index in [2.05, 4.69) is 19.6 Å². The number of fused-ring (bicyclic) bond motifs is 3. The third-order valence-electron chi connectivity index (χ3n) is 16.0. The van der Waals surface area contributed by atoms with Crippen molar-refractivity contribution in [1.29, 1.82) is 0 Å². The van der Waals surface area contributed by atoms with Crippen molar-refractivity contribution in [3.63, 3.8) is 0 Å². The van der Waals surface area contributed by atoms with Gasteiger partial charge in [0.05, 0.1) is 0 Å². The van der Waals surface area contributed by atoms with Crippen molar-refractivity contribution >= 4 is 69.9 Å². The summed E-state index contributed by atoms with van der Waals surface area (Å²) in [6.45, 7) is 6.74. The van der Waals surface area contributed by atoms with Gasteiger partial charge in [-0.2, -0.15) is 0 Å². The van der Waals surface area contributed by atoms with Crippen molar-refractivity contribution in [1.82, 2.24) is 0 Å². The fourth-order valence-electron chi connectivity index (χ4n) is 13.1. The molecule has 0 aromatic heterocycles. The molecule has 10 rings (SSSR count). The monoisotopic (exact) mass is 946 g/mol. The number of rotatable bonds is 9. The predicted octanol–water partition coefficient (Wildman–Crippen LogP) is 10.2. The van der Waals surface area contributed by atoms with Gasteiger partial charge in [0, 0.05) is 38.8 Å². The highest BCUT2D eigenvalue weighted by Gasteiger charge is 2.83. The summed E-state index contributed by atoms with van der Waals surface area (Å²) < 4.78 is 80.2. The summed E-state index contributed by atoms with van der Waals surface area (Å²) in [6.07, 6.45) is 26.9. The van der Waals surface area contributed by atoms with Gasteiger partial charge in [0.15, 0.2) is 8.32 Å². The van der Waals surface area contributed by atoms with Crippen LogP contribution in [0.1, 0.15) is 180 Å². The molecule has 4 bridgehead atoms. The van der Waals surface area contributed by atoms with Crippen molar-refractivity contribution in [2.45, 2.75) is 238 Å². The van der Waals surface area contributed by atoms with E-state index < -0.39 is 69.9 Å². The van der Waals surface area contributed by atoms with Crippen LogP contribution in [0, 0.1) is 0 Å². The smallest absolute Gasteiger partial charge is 0.417 e. The molecule has 3 saturated heterocycles. The Kier molecular flexibility index (Phi) is 12.1. The number of hydrogen-bond donors (Lipinski definition) is 2. The first-order valence-electron chi connectivity index (χ1n) is 24.3. The lowest BCUT2D eigenvalue weighted by Crippen LogP contribution is -2.85. The summed E-state index contributed by atoms with van der Waals surface area (Å²) in [6, 6.07) is 0. The normalized spacial score (nSPS) is 46.3. The average Bonchev–Trinajstić information content (AvgIpc) is 4.03. The second-order valence-electron chi connectivity index (χ2n) is 21.3. The van der Waals surface area contributed by atoms with Crippen molar-refractivity contribution < 1.29 is 50.7 Å². The molecule has 7 saturated carbocycles. The van der Waals surface area contributed by atoms with E-state index in [0.717, 1.165) is 180 Å². The molecular formula is C38H74O12Si8. The molecule has 3 heterocycles. The maximum Gasteiger partial charge on any atom is 0.486 e. The first-order chi connectivity index (χ1) is 27.8. The minimum atomic E-state index is -4.27. The van der Waals surface area contributed by atoms with Crippen LogP contribution < -0.4 is 0 Å². The Balaban J connectivity index is 1.27. The summed E-state index contributed by atoms with van der Waals surface area (Å²) in [7, 11) is -31.1. The molecule has 4 atom stereocenters. The average molecular weight is 948 g/mol. The van der Waals surface area contributed by atoms with E-state index in [9.17, 15) is 9.59 Å². The molecule has 4 unspecified atom stereocenters. The third-order valence-corrected chi connectivity index (χ3v) is 51.3. The molecule has 20 heteroatoms. The molecule has 58 heavy (non-hydrogen) atoms. The topological polar surface area (TPSA) is 133 Å². The minimum absolute atomic E-state index is 0.0175. The molecule has 3 aliphatic heterocycles. The first-order valence-corrected chi connectivity index (χ1v) is 40.4.